The zero-order chi connectivity index (χ0) is 12.9. The summed E-state index contributed by atoms with van der Waals surface area (Å²) >= 11 is 0. The minimum atomic E-state index is 0.321. The number of methoxy groups -OCH3 is 1. The van der Waals surface area contributed by atoms with E-state index >= 15 is 0 Å². The molecule has 1 rings (SSSR count). The average molecular weight is 242 g/mol. The van der Waals surface area contributed by atoms with E-state index < -0.39 is 0 Å². The molecule has 1 fully saturated rings. The fraction of sp³-hybridized carbons (Fsp3) is 1.00. The number of hydrogen-bond acceptors (Lipinski definition) is 3. The molecule has 0 saturated carbocycles. The van der Waals surface area contributed by atoms with Crippen LogP contribution in [0.25, 0.3) is 0 Å². The van der Waals surface area contributed by atoms with E-state index in [1.807, 2.05) is 0 Å². The Labute approximate surface area is 107 Å². The molecule has 3 heteroatoms. The second-order valence-corrected chi connectivity index (χ2v) is 6.16. The van der Waals surface area contributed by atoms with Gasteiger partial charge in [0.15, 0.2) is 0 Å². The van der Waals surface area contributed by atoms with E-state index in [1.165, 1.54) is 25.9 Å². The van der Waals surface area contributed by atoms with Crippen molar-refractivity contribution in [2.45, 2.75) is 64.6 Å². The molecule has 0 bridgehead atoms. The first-order chi connectivity index (χ1) is 7.97. The average Bonchev–Trinajstić information content (AvgIpc) is 2.28. The highest BCUT2D eigenvalue weighted by atomic mass is 16.5. The summed E-state index contributed by atoms with van der Waals surface area (Å²) in [6.07, 6.45) is 3.67. The highest BCUT2D eigenvalue weighted by Crippen LogP contribution is 2.20. The van der Waals surface area contributed by atoms with Crippen molar-refractivity contribution >= 4 is 0 Å². The van der Waals surface area contributed by atoms with Gasteiger partial charge in [0.25, 0.3) is 0 Å². The van der Waals surface area contributed by atoms with Crippen molar-refractivity contribution in [1.82, 2.24) is 10.2 Å². The van der Waals surface area contributed by atoms with E-state index in [9.17, 15) is 0 Å². The molecular weight excluding hydrogens is 212 g/mol. The Morgan fingerprint density at radius 2 is 1.88 bits per heavy atom. The van der Waals surface area contributed by atoms with Crippen LogP contribution in [0.15, 0.2) is 0 Å². The van der Waals surface area contributed by atoms with Gasteiger partial charge in [0, 0.05) is 37.8 Å². The van der Waals surface area contributed by atoms with Gasteiger partial charge in [-0.2, -0.15) is 0 Å². The van der Waals surface area contributed by atoms with Gasteiger partial charge in [-0.15, -0.1) is 0 Å². The first-order valence-electron chi connectivity index (χ1n) is 6.97. The lowest BCUT2D eigenvalue weighted by Gasteiger charge is -2.41. The Hall–Kier alpha value is -0.120. The molecule has 0 aromatic rings. The lowest BCUT2D eigenvalue weighted by Crippen LogP contribution is -2.52. The van der Waals surface area contributed by atoms with Crippen LogP contribution < -0.4 is 5.32 Å². The van der Waals surface area contributed by atoms with Crippen LogP contribution in [0.2, 0.25) is 0 Å². The standard InChI is InChI=1S/C14H30N2O/c1-6-12(11-17-5)15-13-7-9-16(10-8-13)14(2,3)4/h12-13,15H,6-11H2,1-5H3. The van der Waals surface area contributed by atoms with E-state index in [0.717, 1.165) is 13.0 Å². The Bertz CT molecular complexity index is 205. The van der Waals surface area contributed by atoms with Gasteiger partial charge in [-0.3, -0.25) is 4.90 Å². The molecule has 3 nitrogen and oxygen atoms in total. The zero-order valence-corrected chi connectivity index (χ0v) is 12.3. The molecule has 1 saturated heterocycles. The van der Waals surface area contributed by atoms with Crippen LogP contribution in [-0.2, 0) is 4.74 Å². The maximum absolute atomic E-state index is 5.24. The number of likely N-dealkylation sites (tertiary alicyclic amines) is 1. The van der Waals surface area contributed by atoms with Crippen molar-refractivity contribution in [3.63, 3.8) is 0 Å². The predicted octanol–water partition coefficient (Wildman–Crippen LogP) is 2.26. The molecule has 1 atom stereocenters. The van der Waals surface area contributed by atoms with E-state index in [4.69, 9.17) is 4.74 Å². The monoisotopic (exact) mass is 242 g/mol. The number of rotatable bonds is 5. The summed E-state index contributed by atoms with van der Waals surface area (Å²) in [6.45, 7) is 12.4. The van der Waals surface area contributed by atoms with Crippen LogP contribution in [0.1, 0.15) is 47.0 Å². The number of piperidine rings is 1. The molecule has 0 aromatic heterocycles. The van der Waals surface area contributed by atoms with Crippen molar-refractivity contribution in [1.29, 1.82) is 0 Å². The maximum atomic E-state index is 5.24. The van der Waals surface area contributed by atoms with Gasteiger partial charge in [-0.1, -0.05) is 6.92 Å². The number of ether oxygens (including phenoxy) is 1. The third kappa shape index (κ3) is 4.94. The molecule has 1 N–H and O–H groups in total. The maximum Gasteiger partial charge on any atom is 0.0615 e. The van der Waals surface area contributed by atoms with Crippen molar-refractivity contribution in [2.75, 3.05) is 26.8 Å². The third-order valence-electron chi connectivity index (χ3n) is 3.78. The Morgan fingerprint density at radius 3 is 2.29 bits per heavy atom. The molecule has 0 spiro atoms. The quantitative estimate of drug-likeness (QED) is 0.800. The van der Waals surface area contributed by atoms with Crippen LogP contribution in [-0.4, -0.2) is 49.3 Å². The molecule has 1 aliphatic rings. The van der Waals surface area contributed by atoms with Gasteiger partial charge >= 0.3 is 0 Å². The first kappa shape index (κ1) is 14.9. The van der Waals surface area contributed by atoms with E-state index in [1.54, 1.807) is 7.11 Å². The van der Waals surface area contributed by atoms with Crippen LogP contribution in [0.4, 0.5) is 0 Å². The smallest absolute Gasteiger partial charge is 0.0615 e. The normalized spacial score (nSPS) is 21.7. The fourth-order valence-corrected chi connectivity index (χ4v) is 2.54. The summed E-state index contributed by atoms with van der Waals surface area (Å²) in [5.74, 6) is 0. The molecule has 102 valence electrons. The molecule has 0 amide bonds. The van der Waals surface area contributed by atoms with Gasteiger partial charge in [0.05, 0.1) is 6.61 Å². The lowest BCUT2D eigenvalue weighted by atomic mass is 9.97. The van der Waals surface area contributed by atoms with E-state index in [0.29, 0.717) is 17.6 Å². The van der Waals surface area contributed by atoms with Crippen LogP contribution >= 0.6 is 0 Å². The van der Waals surface area contributed by atoms with Crippen molar-refractivity contribution in [2.24, 2.45) is 0 Å². The summed E-state index contributed by atoms with van der Waals surface area (Å²) in [5.41, 5.74) is 0.321. The molecule has 1 aliphatic heterocycles. The molecular formula is C14H30N2O. The SMILES string of the molecule is CCC(COC)NC1CCN(C(C)(C)C)CC1. The highest BCUT2D eigenvalue weighted by Gasteiger charge is 2.27. The summed E-state index contributed by atoms with van der Waals surface area (Å²) in [4.78, 5) is 2.59. The van der Waals surface area contributed by atoms with E-state index in [2.05, 4.69) is 37.9 Å². The summed E-state index contributed by atoms with van der Waals surface area (Å²) < 4.78 is 5.24. The Kier molecular flexibility index (Phi) is 5.90. The largest absolute Gasteiger partial charge is 0.383 e. The van der Waals surface area contributed by atoms with Gasteiger partial charge in [-0.05, 0) is 40.0 Å². The minimum Gasteiger partial charge on any atom is -0.383 e. The summed E-state index contributed by atoms with van der Waals surface area (Å²) in [7, 11) is 1.78. The van der Waals surface area contributed by atoms with Crippen LogP contribution in [0.5, 0.6) is 0 Å². The highest BCUT2D eigenvalue weighted by molar-refractivity contribution is 4.85. The molecule has 0 radical (unpaired) electrons. The third-order valence-corrected chi connectivity index (χ3v) is 3.78. The van der Waals surface area contributed by atoms with E-state index in [-0.39, 0.29) is 0 Å². The van der Waals surface area contributed by atoms with Crippen molar-refractivity contribution < 1.29 is 4.74 Å². The fourth-order valence-electron chi connectivity index (χ4n) is 2.54. The Morgan fingerprint density at radius 1 is 1.29 bits per heavy atom. The molecule has 0 aromatic carbocycles. The van der Waals surface area contributed by atoms with Gasteiger partial charge in [-0.25, -0.2) is 0 Å². The summed E-state index contributed by atoms with van der Waals surface area (Å²) in [6, 6.07) is 1.19. The number of hydrogen-bond donors (Lipinski definition) is 1. The topological polar surface area (TPSA) is 24.5 Å². The van der Waals surface area contributed by atoms with Gasteiger partial charge in [0.2, 0.25) is 0 Å². The summed E-state index contributed by atoms with van der Waals surface area (Å²) in [5, 5.41) is 3.73. The Balaban J connectivity index is 2.31. The minimum absolute atomic E-state index is 0.321. The van der Waals surface area contributed by atoms with Crippen molar-refractivity contribution in [3.8, 4) is 0 Å². The second-order valence-electron chi connectivity index (χ2n) is 6.16. The predicted molar refractivity (Wildman–Crippen MR) is 73.4 cm³/mol. The van der Waals surface area contributed by atoms with Crippen LogP contribution in [0, 0.1) is 0 Å². The molecule has 1 unspecified atom stereocenters. The zero-order valence-electron chi connectivity index (χ0n) is 12.3. The lowest BCUT2D eigenvalue weighted by molar-refractivity contribution is 0.0868. The number of nitrogens with one attached hydrogen (secondary N) is 1. The molecule has 0 aliphatic carbocycles. The molecule has 17 heavy (non-hydrogen) atoms. The second kappa shape index (κ2) is 6.72. The molecule has 1 heterocycles. The van der Waals surface area contributed by atoms with Crippen molar-refractivity contribution in [3.05, 3.63) is 0 Å². The number of nitrogens with zero attached hydrogens (tertiary/aromatic N) is 1. The van der Waals surface area contributed by atoms with Gasteiger partial charge in [0.1, 0.15) is 0 Å². The van der Waals surface area contributed by atoms with Gasteiger partial charge < -0.3 is 10.1 Å². The van der Waals surface area contributed by atoms with Crippen LogP contribution in [0.3, 0.4) is 0 Å². The first-order valence-corrected chi connectivity index (χ1v) is 6.97.